The Bertz CT molecular complexity index is 495. The smallest absolute Gasteiger partial charge is 0.256 e. The minimum atomic E-state index is -0.0288. The summed E-state index contributed by atoms with van der Waals surface area (Å²) < 4.78 is 5.14. The molecule has 1 aromatic rings. The summed E-state index contributed by atoms with van der Waals surface area (Å²) in [6.07, 6.45) is 3.07. The van der Waals surface area contributed by atoms with E-state index >= 15 is 0 Å². The number of nitrogens with two attached hydrogens (primary N) is 1. The van der Waals surface area contributed by atoms with Gasteiger partial charge in [-0.2, -0.15) is 0 Å². The standard InChI is InChI=1S/C14H18N2O2/c1-10-5-4-8-16(9-10)14(17)11-6-3-7-12(18-2)13(11)15/h3,5-7H,4,8-9,15H2,1-2H3. The summed E-state index contributed by atoms with van der Waals surface area (Å²) in [5, 5.41) is 0. The zero-order chi connectivity index (χ0) is 13.1. The zero-order valence-corrected chi connectivity index (χ0v) is 10.8. The normalized spacial score (nSPS) is 15.2. The van der Waals surface area contributed by atoms with Crippen molar-refractivity contribution < 1.29 is 9.53 Å². The molecule has 1 heterocycles. The maximum Gasteiger partial charge on any atom is 0.256 e. The predicted octanol–water partition coefficient (Wildman–Crippen LogP) is 2.07. The lowest BCUT2D eigenvalue weighted by atomic mass is 10.1. The third-order valence-corrected chi connectivity index (χ3v) is 3.14. The van der Waals surface area contributed by atoms with Crippen LogP contribution in [-0.4, -0.2) is 31.0 Å². The van der Waals surface area contributed by atoms with Crippen molar-refractivity contribution in [1.82, 2.24) is 4.90 Å². The van der Waals surface area contributed by atoms with Crippen LogP contribution in [0.4, 0.5) is 5.69 Å². The molecule has 1 amide bonds. The number of para-hydroxylation sites is 1. The number of anilines is 1. The van der Waals surface area contributed by atoms with Gasteiger partial charge < -0.3 is 15.4 Å². The molecule has 0 saturated heterocycles. The average molecular weight is 246 g/mol. The van der Waals surface area contributed by atoms with Gasteiger partial charge in [-0.15, -0.1) is 0 Å². The van der Waals surface area contributed by atoms with Gasteiger partial charge in [0, 0.05) is 13.1 Å². The Kier molecular flexibility index (Phi) is 3.55. The van der Waals surface area contributed by atoms with Crippen LogP contribution in [-0.2, 0) is 0 Å². The molecular weight excluding hydrogens is 228 g/mol. The summed E-state index contributed by atoms with van der Waals surface area (Å²) >= 11 is 0. The largest absolute Gasteiger partial charge is 0.495 e. The first-order valence-corrected chi connectivity index (χ1v) is 6.01. The molecule has 0 atom stereocenters. The Hall–Kier alpha value is -1.97. The number of carbonyl (C=O) groups excluding carboxylic acids is 1. The van der Waals surface area contributed by atoms with Crippen LogP contribution in [0.5, 0.6) is 5.75 Å². The molecule has 2 rings (SSSR count). The fraction of sp³-hybridized carbons (Fsp3) is 0.357. The molecule has 4 nitrogen and oxygen atoms in total. The highest BCUT2D eigenvalue weighted by Gasteiger charge is 2.21. The molecule has 96 valence electrons. The molecule has 0 spiro atoms. The number of nitrogens with zero attached hydrogens (tertiary/aromatic N) is 1. The van der Waals surface area contributed by atoms with Crippen molar-refractivity contribution in [2.24, 2.45) is 0 Å². The van der Waals surface area contributed by atoms with E-state index in [0.717, 1.165) is 13.0 Å². The van der Waals surface area contributed by atoms with Crippen molar-refractivity contribution in [2.45, 2.75) is 13.3 Å². The fourth-order valence-electron chi connectivity index (χ4n) is 2.16. The van der Waals surface area contributed by atoms with Crippen LogP contribution in [0.1, 0.15) is 23.7 Å². The third-order valence-electron chi connectivity index (χ3n) is 3.14. The van der Waals surface area contributed by atoms with E-state index in [1.165, 1.54) is 5.57 Å². The monoisotopic (exact) mass is 246 g/mol. The first-order chi connectivity index (χ1) is 8.63. The second-order valence-corrected chi connectivity index (χ2v) is 4.49. The van der Waals surface area contributed by atoms with Crippen LogP contribution in [0, 0.1) is 0 Å². The van der Waals surface area contributed by atoms with Crippen molar-refractivity contribution in [3.8, 4) is 5.75 Å². The average Bonchev–Trinajstić information content (AvgIpc) is 2.38. The molecule has 0 bridgehead atoms. The molecule has 18 heavy (non-hydrogen) atoms. The zero-order valence-electron chi connectivity index (χ0n) is 10.8. The van der Waals surface area contributed by atoms with Gasteiger partial charge in [0.1, 0.15) is 5.75 Å². The number of benzene rings is 1. The summed E-state index contributed by atoms with van der Waals surface area (Å²) in [6.45, 7) is 3.46. The predicted molar refractivity (Wildman–Crippen MR) is 71.7 cm³/mol. The summed E-state index contributed by atoms with van der Waals surface area (Å²) in [5.41, 5.74) is 8.10. The number of nitrogen functional groups attached to an aromatic ring is 1. The van der Waals surface area contributed by atoms with E-state index in [1.807, 2.05) is 11.8 Å². The number of carbonyl (C=O) groups is 1. The van der Waals surface area contributed by atoms with Crippen molar-refractivity contribution in [3.05, 3.63) is 35.4 Å². The Morgan fingerprint density at radius 2 is 2.22 bits per heavy atom. The summed E-state index contributed by atoms with van der Waals surface area (Å²) in [4.78, 5) is 14.2. The molecular formula is C14H18N2O2. The molecule has 1 aliphatic heterocycles. The number of amides is 1. The number of methoxy groups -OCH3 is 1. The first-order valence-electron chi connectivity index (χ1n) is 6.01. The first kappa shape index (κ1) is 12.5. The van der Waals surface area contributed by atoms with E-state index in [1.54, 1.807) is 25.3 Å². The topological polar surface area (TPSA) is 55.6 Å². The molecule has 0 aromatic heterocycles. The van der Waals surface area contributed by atoms with E-state index in [-0.39, 0.29) is 5.91 Å². The number of hydrogen-bond donors (Lipinski definition) is 1. The molecule has 4 heteroatoms. The van der Waals surface area contributed by atoms with Crippen LogP contribution in [0.25, 0.3) is 0 Å². The van der Waals surface area contributed by atoms with Gasteiger partial charge in [-0.3, -0.25) is 4.79 Å². The van der Waals surface area contributed by atoms with Crippen LogP contribution in [0.15, 0.2) is 29.8 Å². The quantitative estimate of drug-likeness (QED) is 0.642. The molecule has 0 fully saturated rings. The summed E-state index contributed by atoms with van der Waals surface area (Å²) in [5.74, 6) is 0.518. The second kappa shape index (κ2) is 5.12. The SMILES string of the molecule is COc1cccc(C(=O)N2CCC=C(C)C2)c1N. The highest BCUT2D eigenvalue weighted by molar-refractivity contribution is 6.00. The van der Waals surface area contributed by atoms with Gasteiger partial charge in [0.15, 0.2) is 0 Å². The third kappa shape index (κ3) is 2.32. The lowest BCUT2D eigenvalue weighted by Gasteiger charge is -2.26. The molecule has 0 radical (unpaired) electrons. The van der Waals surface area contributed by atoms with Gasteiger partial charge in [-0.05, 0) is 25.5 Å². The van der Waals surface area contributed by atoms with Gasteiger partial charge in [-0.1, -0.05) is 17.7 Å². The van der Waals surface area contributed by atoms with Crippen LogP contribution < -0.4 is 10.5 Å². The molecule has 1 aliphatic rings. The van der Waals surface area contributed by atoms with Gasteiger partial charge in [0.2, 0.25) is 0 Å². The maximum atomic E-state index is 12.4. The van der Waals surface area contributed by atoms with Crippen molar-refractivity contribution in [1.29, 1.82) is 0 Å². The van der Waals surface area contributed by atoms with Crippen LogP contribution in [0.2, 0.25) is 0 Å². The highest BCUT2D eigenvalue weighted by atomic mass is 16.5. The number of ether oxygens (including phenoxy) is 1. The lowest BCUT2D eigenvalue weighted by Crippen LogP contribution is -2.35. The van der Waals surface area contributed by atoms with Gasteiger partial charge in [0.05, 0.1) is 18.4 Å². The van der Waals surface area contributed by atoms with E-state index < -0.39 is 0 Å². The van der Waals surface area contributed by atoms with Gasteiger partial charge >= 0.3 is 0 Å². The maximum absolute atomic E-state index is 12.4. The minimum absolute atomic E-state index is 0.0288. The van der Waals surface area contributed by atoms with E-state index in [9.17, 15) is 4.79 Å². The Balaban J connectivity index is 2.26. The van der Waals surface area contributed by atoms with Crippen LogP contribution in [0.3, 0.4) is 0 Å². The Labute approximate surface area is 107 Å². The van der Waals surface area contributed by atoms with Crippen LogP contribution >= 0.6 is 0 Å². The number of rotatable bonds is 2. The van der Waals surface area contributed by atoms with E-state index in [4.69, 9.17) is 10.5 Å². The second-order valence-electron chi connectivity index (χ2n) is 4.49. The highest BCUT2D eigenvalue weighted by Crippen LogP contribution is 2.26. The lowest BCUT2D eigenvalue weighted by molar-refractivity contribution is 0.0766. The minimum Gasteiger partial charge on any atom is -0.495 e. The van der Waals surface area contributed by atoms with Crippen molar-refractivity contribution in [2.75, 3.05) is 25.9 Å². The Morgan fingerprint density at radius 1 is 1.44 bits per heavy atom. The number of hydrogen-bond acceptors (Lipinski definition) is 3. The van der Waals surface area contributed by atoms with E-state index in [0.29, 0.717) is 23.5 Å². The molecule has 0 aliphatic carbocycles. The molecule has 0 saturated carbocycles. The molecule has 0 unspecified atom stereocenters. The van der Waals surface area contributed by atoms with Crippen molar-refractivity contribution in [3.63, 3.8) is 0 Å². The van der Waals surface area contributed by atoms with Gasteiger partial charge in [-0.25, -0.2) is 0 Å². The molecule has 1 aromatic carbocycles. The Morgan fingerprint density at radius 3 is 2.89 bits per heavy atom. The molecule has 2 N–H and O–H groups in total. The van der Waals surface area contributed by atoms with Gasteiger partial charge in [0.25, 0.3) is 5.91 Å². The van der Waals surface area contributed by atoms with E-state index in [2.05, 4.69) is 6.08 Å². The summed E-state index contributed by atoms with van der Waals surface area (Å²) in [7, 11) is 1.55. The fourth-order valence-corrected chi connectivity index (χ4v) is 2.16. The summed E-state index contributed by atoms with van der Waals surface area (Å²) in [6, 6.07) is 5.29. The van der Waals surface area contributed by atoms with Crippen molar-refractivity contribution >= 4 is 11.6 Å².